The highest BCUT2D eigenvalue weighted by Gasteiger charge is 2.06. The molecule has 0 saturated heterocycles. The van der Waals surface area contributed by atoms with Crippen molar-refractivity contribution in [3.05, 3.63) is 59.7 Å². The molecule has 0 heterocycles. The van der Waals surface area contributed by atoms with Gasteiger partial charge in [0.15, 0.2) is 5.78 Å². The van der Waals surface area contributed by atoms with E-state index in [0.717, 1.165) is 12.2 Å². The van der Waals surface area contributed by atoms with Crippen LogP contribution in [0.5, 0.6) is 11.5 Å². The molecule has 0 aromatic heterocycles. The Balaban J connectivity index is 2.13. The van der Waals surface area contributed by atoms with Gasteiger partial charge < -0.3 is 4.74 Å². The van der Waals surface area contributed by atoms with Crippen LogP contribution in [-0.2, 0) is 0 Å². The first-order chi connectivity index (χ1) is 10.1. The maximum atomic E-state index is 11.7. The van der Waals surface area contributed by atoms with Crippen molar-refractivity contribution in [3.63, 3.8) is 0 Å². The lowest BCUT2D eigenvalue weighted by Crippen LogP contribution is -1.96. The Kier molecular flexibility index (Phi) is 5.15. The van der Waals surface area contributed by atoms with E-state index in [2.05, 4.69) is 26.0 Å². The zero-order chi connectivity index (χ0) is 15.2. The zero-order valence-corrected chi connectivity index (χ0v) is 12.9. The Morgan fingerprint density at radius 1 is 1.05 bits per heavy atom. The lowest BCUT2D eigenvalue weighted by molar-refractivity contribution is 0.0988. The molecular weight excluding hydrogens is 260 g/mol. The smallest absolute Gasteiger partial charge is 0.162 e. The summed E-state index contributed by atoms with van der Waals surface area (Å²) in [7, 11) is 0. The van der Waals surface area contributed by atoms with Gasteiger partial charge in [-0.2, -0.15) is 0 Å². The normalized spacial score (nSPS) is 12.0. The summed E-state index contributed by atoms with van der Waals surface area (Å²) < 4.78 is 5.83. The minimum atomic E-state index is 0.132. The highest BCUT2D eigenvalue weighted by atomic mass is 16.5. The summed E-state index contributed by atoms with van der Waals surface area (Å²) in [5.74, 6) is 2.19. The van der Waals surface area contributed by atoms with Crippen molar-refractivity contribution in [1.29, 1.82) is 0 Å². The molecule has 21 heavy (non-hydrogen) atoms. The molecule has 0 N–H and O–H groups in total. The number of hydrogen-bond donors (Lipinski definition) is 0. The molecule has 0 fully saturated rings. The molecule has 0 saturated carbocycles. The number of benzene rings is 2. The number of carbonyl (C=O) groups excluding carboxylic acids is 1. The monoisotopic (exact) mass is 282 g/mol. The molecule has 0 aliphatic rings. The first kappa shape index (κ1) is 15.3. The Morgan fingerprint density at radius 3 is 2.38 bits per heavy atom. The van der Waals surface area contributed by atoms with Gasteiger partial charge in [0, 0.05) is 12.0 Å². The van der Waals surface area contributed by atoms with Crippen molar-refractivity contribution >= 4 is 5.78 Å². The first-order valence-electron chi connectivity index (χ1n) is 7.55. The predicted octanol–water partition coefficient (Wildman–Crippen LogP) is 5.59. The van der Waals surface area contributed by atoms with E-state index in [1.165, 1.54) is 5.56 Å². The molecule has 0 bridgehead atoms. The molecule has 2 rings (SSSR count). The van der Waals surface area contributed by atoms with Gasteiger partial charge in [-0.1, -0.05) is 45.0 Å². The van der Waals surface area contributed by atoms with Gasteiger partial charge in [0.2, 0.25) is 0 Å². The number of carbonyl (C=O) groups is 1. The van der Waals surface area contributed by atoms with E-state index in [0.29, 0.717) is 23.7 Å². The summed E-state index contributed by atoms with van der Waals surface area (Å²) in [5.41, 5.74) is 2.02. The largest absolute Gasteiger partial charge is 0.457 e. The van der Waals surface area contributed by atoms with Crippen molar-refractivity contribution in [3.8, 4) is 11.5 Å². The lowest BCUT2D eigenvalue weighted by Gasteiger charge is -2.11. The van der Waals surface area contributed by atoms with E-state index >= 15 is 0 Å². The van der Waals surface area contributed by atoms with Crippen LogP contribution in [-0.4, -0.2) is 5.78 Å². The minimum Gasteiger partial charge on any atom is -0.457 e. The van der Waals surface area contributed by atoms with Crippen LogP contribution in [0.15, 0.2) is 48.5 Å². The third-order valence-electron chi connectivity index (χ3n) is 3.77. The average molecular weight is 282 g/mol. The van der Waals surface area contributed by atoms with Crippen molar-refractivity contribution < 1.29 is 9.53 Å². The lowest BCUT2D eigenvalue weighted by atomic mass is 9.99. The molecular formula is C19H22O2. The molecule has 0 aliphatic carbocycles. The Bertz CT molecular complexity index is 599. The van der Waals surface area contributed by atoms with Gasteiger partial charge in [0.05, 0.1) is 0 Å². The van der Waals surface area contributed by atoms with Crippen molar-refractivity contribution in [2.24, 2.45) is 0 Å². The maximum Gasteiger partial charge on any atom is 0.162 e. The Hall–Kier alpha value is -2.09. The quantitative estimate of drug-likeness (QED) is 0.646. The van der Waals surface area contributed by atoms with Crippen LogP contribution in [0, 0.1) is 0 Å². The Labute approximate surface area is 126 Å². The fourth-order valence-electron chi connectivity index (χ4n) is 2.17. The summed E-state index contributed by atoms with van der Waals surface area (Å²) in [5, 5.41) is 0. The molecule has 2 aromatic rings. The number of ketones is 1. The van der Waals surface area contributed by atoms with Gasteiger partial charge >= 0.3 is 0 Å². The van der Waals surface area contributed by atoms with Gasteiger partial charge in [0.25, 0.3) is 0 Å². The fourth-order valence-corrected chi connectivity index (χ4v) is 2.17. The maximum absolute atomic E-state index is 11.7. The highest BCUT2D eigenvalue weighted by molar-refractivity contribution is 5.96. The molecule has 0 spiro atoms. The topological polar surface area (TPSA) is 26.3 Å². The summed E-state index contributed by atoms with van der Waals surface area (Å²) in [4.78, 5) is 11.7. The van der Waals surface area contributed by atoms with Crippen molar-refractivity contribution in [1.82, 2.24) is 0 Å². The van der Waals surface area contributed by atoms with Crippen LogP contribution < -0.4 is 4.74 Å². The van der Waals surface area contributed by atoms with Gasteiger partial charge in [-0.15, -0.1) is 0 Å². The van der Waals surface area contributed by atoms with Crippen LogP contribution in [0.4, 0.5) is 0 Å². The van der Waals surface area contributed by atoms with Gasteiger partial charge in [-0.05, 0) is 42.2 Å². The number of Topliss-reactive ketones (excluding diaryl/α,β-unsaturated/α-hetero) is 1. The van der Waals surface area contributed by atoms with E-state index < -0.39 is 0 Å². The van der Waals surface area contributed by atoms with Crippen LogP contribution >= 0.6 is 0 Å². The zero-order valence-electron chi connectivity index (χ0n) is 12.9. The SMILES string of the molecule is CCC(=O)c1cccc(Oc2ccc(C(C)CC)cc2)c1. The molecule has 0 aliphatic heterocycles. The summed E-state index contributed by atoms with van der Waals surface area (Å²) >= 11 is 0. The second kappa shape index (κ2) is 7.07. The van der Waals surface area contributed by atoms with Crippen molar-refractivity contribution in [2.45, 2.75) is 39.5 Å². The minimum absolute atomic E-state index is 0.132. The van der Waals surface area contributed by atoms with E-state index in [4.69, 9.17) is 4.74 Å². The molecule has 2 aromatic carbocycles. The van der Waals surface area contributed by atoms with Gasteiger partial charge in [0.1, 0.15) is 11.5 Å². The molecule has 0 amide bonds. The second-order valence-corrected chi connectivity index (χ2v) is 5.28. The highest BCUT2D eigenvalue weighted by Crippen LogP contribution is 2.26. The van der Waals surface area contributed by atoms with Crippen LogP contribution in [0.25, 0.3) is 0 Å². The Morgan fingerprint density at radius 2 is 1.76 bits per heavy atom. The molecule has 1 unspecified atom stereocenters. The molecule has 1 atom stereocenters. The van der Waals surface area contributed by atoms with Gasteiger partial charge in [-0.25, -0.2) is 0 Å². The fraction of sp³-hybridized carbons (Fsp3) is 0.316. The first-order valence-corrected chi connectivity index (χ1v) is 7.55. The van der Waals surface area contributed by atoms with Crippen LogP contribution in [0.2, 0.25) is 0 Å². The van der Waals surface area contributed by atoms with Gasteiger partial charge in [-0.3, -0.25) is 4.79 Å². The molecule has 110 valence electrons. The molecule has 0 radical (unpaired) electrons. The third-order valence-corrected chi connectivity index (χ3v) is 3.77. The molecule has 2 heteroatoms. The van der Waals surface area contributed by atoms with E-state index in [-0.39, 0.29) is 5.78 Å². The standard InChI is InChI=1S/C19H22O2/c1-4-14(3)15-9-11-17(12-10-15)21-18-8-6-7-16(13-18)19(20)5-2/h6-14H,4-5H2,1-3H3. The number of ether oxygens (including phenoxy) is 1. The predicted molar refractivity (Wildman–Crippen MR) is 86.3 cm³/mol. The number of rotatable bonds is 6. The van der Waals surface area contributed by atoms with Crippen molar-refractivity contribution in [2.75, 3.05) is 0 Å². The number of hydrogen-bond acceptors (Lipinski definition) is 2. The van der Waals surface area contributed by atoms with E-state index in [9.17, 15) is 4.79 Å². The second-order valence-electron chi connectivity index (χ2n) is 5.28. The summed E-state index contributed by atoms with van der Waals surface area (Å²) in [6, 6.07) is 15.5. The summed E-state index contributed by atoms with van der Waals surface area (Å²) in [6.07, 6.45) is 1.63. The third kappa shape index (κ3) is 3.94. The van der Waals surface area contributed by atoms with Crippen LogP contribution in [0.1, 0.15) is 55.5 Å². The van der Waals surface area contributed by atoms with E-state index in [1.54, 1.807) is 6.07 Å². The average Bonchev–Trinajstić information content (AvgIpc) is 2.54. The van der Waals surface area contributed by atoms with Crippen LogP contribution in [0.3, 0.4) is 0 Å². The summed E-state index contributed by atoms with van der Waals surface area (Å²) in [6.45, 7) is 6.27. The van der Waals surface area contributed by atoms with E-state index in [1.807, 2.05) is 37.3 Å². The molecule has 2 nitrogen and oxygen atoms in total.